The molecule has 5 heteroatoms. The number of hydrogen-bond acceptors (Lipinski definition) is 2. The Morgan fingerprint density at radius 3 is 3.06 bits per heavy atom. The Morgan fingerprint density at radius 1 is 1.50 bits per heavy atom. The van der Waals surface area contributed by atoms with E-state index in [9.17, 15) is 4.39 Å². The van der Waals surface area contributed by atoms with Crippen molar-refractivity contribution in [1.29, 1.82) is 0 Å². The van der Waals surface area contributed by atoms with Crippen molar-refractivity contribution < 1.29 is 4.39 Å². The number of rotatable bonds is 2. The topological polar surface area (TPSA) is 20.5 Å². The molecule has 2 aromatic rings. The fourth-order valence-electron chi connectivity index (χ4n) is 1.98. The Bertz CT molecular complexity index is 519. The zero-order chi connectivity index (χ0) is 11.1. The molecule has 1 fully saturated rings. The highest BCUT2D eigenvalue weighted by atomic mass is 127. The summed E-state index contributed by atoms with van der Waals surface area (Å²) in [4.78, 5) is 6.41. The van der Waals surface area contributed by atoms with Gasteiger partial charge in [-0.2, -0.15) is 0 Å². The summed E-state index contributed by atoms with van der Waals surface area (Å²) in [6, 6.07) is 4.14. The van der Waals surface area contributed by atoms with Crippen LogP contribution in [0.25, 0.3) is 5.65 Å². The van der Waals surface area contributed by atoms with Gasteiger partial charge in [-0.15, -0.1) is 0 Å². The van der Waals surface area contributed by atoms with Crippen LogP contribution in [-0.2, 0) is 6.54 Å². The highest BCUT2D eigenvalue weighted by Gasteiger charge is 2.25. The van der Waals surface area contributed by atoms with Gasteiger partial charge in [0.1, 0.15) is 15.5 Å². The Morgan fingerprint density at radius 2 is 2.31 bits per heavy atom. The van der Waals surface area contributed by atoms with E-state index in [4.69, 9.17) is 0 Å². The largest absolute Gasteiger partial charge is 0.295 e. The van der Waals surface area contributed by atoms with Crippen LogP contribution < -0.4 is 0 Å². The summed E-state index contributed by atoms with van der Waals surface area (Å²) in [5, 5.41) is 0. The molecule has 1 aliphatic rings. The normalized spacial score (nSPS) is 17.9. The lowest BCUT2D eigenvalue weighted by Crippen LogP contribution is -2.47. The van der Waals surface area contributed by atoms with Crippen molar-refractivity contribution in [3.8, 4) is 0 Å². The first-order chi connectivity index (χ1) is 7.72. The zero-order valence-electron chi connectivity index (χ0n) is 8.61. The van der Waals surface area contributed by atoms with Gasteiger partial charge in [0.15, 0.2) is 0 Å². The first-order valence-corrected chi connectivity index (χ1v) is 6.28. The number of nitrogens with zero attached hydrogens (tertiary/aromatic N) is 3. The lowest BCUT2D eigenvalue weighted by Gasteiger charge is -2.34. The van der Waals surface area contributed by atoms with E-state index in [0.29, 0.717) is 13.1 Å². The van der Waals surface area contributed by atoms with Gasteiger partial charge in [-0.25, -0.2) is 9.37 Å². The van der Waals surface area contributed by atoms with Crippen LogP contribution >= 0.6 is 22.6 Å². The smallest absolute Gasteiger partial charge is 0.137 e. The van der Waals surface area contributed by atoms with E-state index in [1.165, 1.54) is 5.56 Å². The van der Waals surface area contributed by atoms with Crippen LogP contribution in [0.2, 0.25) is 0 Å². The number of alkyl halides is 1. The van der Waals surface area contributed by atoms with E-state index in [2.05, 4.69) is 44.6 Å². The molecule has 0 atom stereocenters. The fraction of sp³-hybridized carbons (Fsp3) is 0.364. The summed E-state index contributed by atoms with van der Waals surface area (Å²) < 4.78 is 15.8. The molecule has 0 spiro atoms. The molecule has 1 saturated heterocycles. The quantitative estimate of drug-likeness (QED) is 0.786. The maximum absolute atomic E-state index is 12.7. The summed E-state index contributed by atoms with van der Waals surface area (Å²) in [6.45, 7) is 1.95. The standard InChI is InChI=1S/C11H11FIN3/c12-9-6-15(7-9)5-8-1-2-16-10(13)4-14-11(16)3-8/h1-4,9H,5-7H2. The second-order valence-corrected chi connectivity index (χ2v) is 5.24. The van der Waals surface area contributed by atoms with Crippen molar-refractivity contribution in [2.45, 2.75) is 12.7 Å². The van der Waals surface area contributed by atoms with Gasteiger partial charge in [-0.1, -0.05) is 0 Å². The van der Waals surface area contributed by atoms with Crippen molar-refractivity contribution in [2.75, 3.05) is 13.1 Å². The Labute approximate surface area is 106 Å². The molecule has 0 N–H and O–H groups in total. The molecule has 3 heterocycles. The number of hydrogen-bond donors (Lipinski definition) is 0. The van der Waals surface area contributed by atoms with Gasteiger partial charge in [0.25, 0.3) is 0 Å². The predicted octanol–water partition coefficient (Wildman–Crippen LogP) is 2.09. The molecule has 0 saturated carbocycles. The van der Waals surface area contributed by atoms with Crippen molar-refractivity contribution >= 4 is 28.2 Å². The summed E-state index contributed by atoms with van der Waals surface area (Å²) in [5.74, 6) is 0. The molecule has 1 aliphatic heterocycles. The average Bonchev–Trinajstić information content (AvgIpc) is 2.58. The van der Waals surface area contributed by atoms with E-state index in [1.54, 1.807) is 0 Å². The molecule has 0 unspecified atom stereocenters. The SMILES string of the molecule is FC1CN(Cc2ccn3c(I)cnc3c2)C1. The Hall–Kier alpha value is -0.690. The second-order valence-electron chi connectivity index (χ2n) is 4.14. The van der Waals surface area contributed by atoms with Crippen LogP contribution in [-0.4, -0.2) is 33.5 Å². The van der Waals surface area contributed by atoms with Crippen molar-refractivity contribution in [2.24, 2.45) is 0 Å². The number of aromatic nitrogens is 2. The van der Waals surface area contributed by atoms with Gasteiger partial charge in [-0.05, 0) is 40.3 Å². The Balaban J connectivity index is 1.82. The minimum absolute atomic E-state index is 0.567. The molecule has 84 valence electrons. The molecule has 3 nitrogen and oxygen atoms in total. The highest BCUT2D eigenvalue weighted by Crippen LogP contribution is 2.17. The summed E-state index contributed by atoms with van der Waals surface area (Å²) in [5.41, 5.74) is 2.15. The Kier molecular flexibility index (Phi) is 2.59. The maximum atomic E-state index is 12.7. The van der Waals surface area contributed by atoms with Gasteiger partial charge in [0.2, 0.25) is 0 Å². The number of imidazole rings is 1. The van der Waals surface area contributed by atoms with Crippen LogP contribution in [0.5, 0.6) is 0 Å². The molecule has 0 amide bonds. The lowest BCUT2D eigenvalue weighted by atomic mass is 10.1. The van der Waals surface area contributed by atoms with Gasteiger partial charge in [0, 0.05) is 25.8 Å². The predicted molar refractivity (Wildman–Crippen MR) is 68.1 cm³/mol. The van der Waals surface area contributed by atoms with E-state index in [1.807, 2.05) is 16.8 Å². The number of halogens is 2. The van der Waals surface area contributed by atoms with Crippen LogP contribution in [0.1, 0.15) is 5.56 Å². The summed E-state index contributed by atoms with van der Waals surface area (Å²) in [7, 11) is 0. The van der Waals surface area contributed by atoms with Crippen LogP contribution in [0.3, 0.4) is 0 Å². The first-order valence-electron chi connectivity index (χ1n) is 5.20. The van der Waals surface area contributed by atoms with E-state index in [0.717, 1.165) is 15.9 Å². The van der Waals surface area contributed by atoms with E-state index < -0.39 is 6.17 Å². The molecular weight excluding hydrogens is 320 g/mol. The third kappa shape index (κ3) is 1.82. The van der Waals surface area contributed by atoms with Crippen molar-refractivity contribution in [1.82, 2.24) is 14.3 Å². The van der Waals surface area contributed by atoms with Gasteiger partial charge in [0.05, 0.1) is 6.20 Å². The van der Waals surface area contributed by atoms with Crippen molar-refractivity contribution in [3.63, 3.8) is 0 Å². The fourth-order valence-corrected chi connectivity index (χ4v) is 2.53. The van der Waals surface area contributed by atoms with Crippen molar-refractivity contribution in [3.05, 3.63) is 33.8 Å². The minimum Gasteiger partial charge on any atom is -0.295 e. The lowest BCUT2D eigenvalue weighted by molar-refractivity contribution is 0.0591. The highest BCUT2D eigenvalue weighted by molar-refractivity contribution is 14.1. The van der Waals surface area contributed by atoms with E-state index in [-0.39, 0.29) is 0 Å². The third-order valence-electron chi connectivity index (χ3n) is 2.85. The molecule has 0 radical (unpaired) electrons. The monoisotopic (exact) mass is 331 g/mol. The van der Waals surface area contributed by atoms with E-state index >= 15 is 0 Å². The molecule has 0 bridgehead atoms. The molecule has 16 heavy (non-hydrogen) atoms. The maximum Gasteiger partial charge on any atom is 0.137 e. The van der Waals surface area contributed by atoms with Crippen LogP contribution in [0, 0.1) is 3.70 Å². The number of pyridine rings is 1. The minimum atomic E-state index is -0.629. The second kappa shape index (κ2) is 3.96. The molecule has 0 aliphatic carbocycles. The molecular formula is C11H11FIN3. The molecule has 2 aromatic heterocycles. The summed E-state index contributed by atoms with van der Waals surface area (Å²) >= 11 is 2.25. The average molecular weight is 331 g/mol. The molecule has 0 aromatic carbocycles. The third-order valence-corrected chi connectivity index (χ3v) is 3.65. The van der Waals surface area contributed by atoms with Gasteiger partial charge in [-0.3, -0.25) is 9.30 Å². The summed E-state index contributed by atoms with van der Waals surface area (Å²) in [6.07, 6.45) is 3.24. The van der Waals surface area contributed by atoms with Crippen LogP contribution in [0.4, 0.5) is 4.39 Å². The number of likely N-dealkylation sites (tertiary alicyclic amines) is 1. The number of fused-ring (bicyclic) bond motifs is 1. The zero-order valence-corrected chi connectivity index (χ0v) is 10.8. The van der Waals surface area contributed by atoms with Crippen LogP contribution in [0.15, 0.2) is 24.5 Å². The van der Waals surface area contributed by atoms with Gasteiger partial charge >= 0.3 is 0 Å². The van der Waals surface area contributed by atoms with Gasteiger partial charge < -0.3 is 0 Å². The first kappa shape index (κ1) is 10.5. The molecule has 3 rings (SSSR count).